The third-order valence-corrected chi connectivity index (χ3v) is 9.78. The molecular formula is C42H23Cl3F6N6O4. The second kappa shape index (κ2) is 16.7. The number of aromatic hydroxyl groups is 2. The number of fused-ring (bicyclic) bond motifs is 2. The van der Waals surface area contributed by atoms with E-state index in [0.717, 1.165) is 12.1 Å². The minimum Gasteiger partial charge on any atom is -0.505 e. The predicted molar refractivity (Wildman–Crippen MR) is 220 cm³/mol. The van der Waals surface area contributed by atoms with Gasteiger partial charge in [0.2, 0.25) is 0 Å². The van der Waals surface area contributed by atoms with E-state index in [-0.39, 0.29) is 59.7 Å². The zero-order valence-electron chi connectivity index (χ0n) is 30.4. The molecule has 7 aromatic rings. The summed E-state index contributed by atoms with van der Waals surface area (Å²) in [6.07, 6.45) is -9.65. The number of carbonyl (C=O) groups excluding carboxylic acids is 2. The highest BCUT2D eigenvalue weighted by atomic mass is 35.5. The first-order chi connectivity index (χ1) is 28.9. The van der Waals surface area contributed by atoms with Crippen molar-refractivity contribution in [2.24, 2.45) is 20.5 Å². The molecule has 0 radical (unpaired) electrons. The van der Waals surface area contributed by atoms with Crippen molar-refractivity contribution >= 4 is 102 Å². The van der Waals surface area contributed by atoms with E-state index < -0.39 is 58.2 Å². The molecule has 2 amide bonds. The number of rotatable bonds is 8. The Morgan fingerprint density at radius 2 is 0.967 bits per heavy atom. The largest absolute Gasteiger partial charge is 0.505 e. The van der Waals surface area contributed by atoms with Crippen LogP contribution in [0.5, 0.6) is 11.5 Å². The average molecular weight is 896 g/mol. The molecule has 0 atom stereocenters. The number of azo groups is 2. The van der Waals surface area contributed by atoms with E-state index in [1.165, 1.54) is 54.6 Å². The Morgan fingerprint density at radius 3 is 1.41 bits per heavy atom. The maximum absolute atomic E-state index is 13.7. The predicted octanol–water partition coefficient (Wildman–Crippen LogP) is 14.7. The molecule has 7 aromatic carbocycles. The number of anilines is 2. The van der Waals surface area contributed by atoms with E-state index in [9.17, 15) is 46.1 Å². The number of phenols is 2. The van der Waals surface area contributed by atoms with Gasteiger partial charge in [-0.15, -0.1) is 20.5 Å². The summed E-state index contributed by atoms with van der Waals surface area (Å²) in [6.45, 7) is 0. The quantitative estimate of drug-likeness (QED) is 0.0888. The number of benzene rings is 7. The first-order valence-corrected chi connectivity index (χ1v) is 18.5. The third-order valence-electron chi connectivity index (χ3n) is 9.00. The lowest BCUT2D eigenvalue weighted by Gasteiger charge is -2.14. The summed E-state index contributed by atoms with van der Waals surface area (Å²) in [7, 11) is 0. The fourth-order valence-electron chi connectivity index (χ4n) is 6.12. The van der Waals surface area contributed by atoms with Crippen LogP contribution in [-0.4, -0.2) is 22.0 Å². The Balaban J connectivity index is 1.15. The average Bonchev–Trinajstić information content (AvgIpc) is 3.20. The highest BCUT2D eigenvalue weighted by Gasteiger charge is 2.35. The minimum atomic E-state index is -4.83. The number of carbonyl (C=O) groups is 2. The van der Waals surface area contributed by atoms with Crippen molar-refractivity contribution in [3.05, 3.63) is 153 Å². The van der Waals surface area contributed by atoms with Crippen molar-refractivity contribution < 1.29 is 46.1 Å². The molecule has 7 rings (SSSR count). The minimum absolute atomic E-state index is 0.00746. The number of amides is 2. The lowest BCUT2D eigenvalue weighted by atomic mass is 10.0. The monoisotopic (exact) mass is 894 g/mol. The van der Waals surface area contributed by atoms with Crippen LogP contribution in [0.1, 0.15) is 31.8 Å². The van der Waals surface area contributed by atoms with E-state index in [4.69, 9.17) is 34.8 Å². The van der Waals surface area contributed by atoms with Gasteiger partial charge in [0.25, 0.3) is 11.8 Å². The van der Waals surface area contributed by atoms with Crippen LogP contribution in [0.2, 0.25) is 15.1 Å². The Hall–Kier alpha value is -6.75. The fraction of sp³-hybridized carbons (Fsp3) is 0.0476. The maximum atomic E-state index is 13.7. The van der Waals surface area contributed by atoms with Crippen LogP contribution in [0, 0.1) is 0 Å². The molecule has 308 valence electrons. The maximum Gasteiger partial charge on any atom is 0.418 e. The van der Waals surface area contributed by atoms with Crippen molar-refractivity contribution in [1.82, 2.24) is 0 Å². The standard InChI is InChI=1S/C42H23Cl3F6N6O4/c43-22-9-12-32(29(17-22)41(46,47)48)54-56-35-25-7-3-1-5-20(25)15-27(37(35)58)39(60)52-24-11-14-34(31(45)19-24)53-40(61)28-16-21-6-2-4-8-26(21)36(38(28)59)57-55-33-13-10-23(44)18-30(33)42(49,50)51/h1-19,58-59H,(H,52,60)(H,53,61). The van der Waals surface area contributed by atoms with Gasteiger partial charge in [-0.2, -0.15) is 26.3 Å². The molecule has 0 fully saturated rings. The topological polar surface area (TPSA) is 148 Å². The molecule has 0 bridgehead atoms. The summed E-state index contributed by atoms with van der Waals surface area (Å²) in [5.41, 5.74) is -4.67. The molecular weight excluding hydrogens is 873 g/mol. The SMILES string of the molecule is O=C(Nc1ccc(NC(=O)c2cc3ccccc3c(N=Nc3ccc(Cl)cc3C(F)(F)F)c2O)c(Cl)c1)c1cc2ccccc2c(N=Nc2ccc(Cl)cc2C(F)(F)F)c1O. The van der Waals surface area contributed by atoms with Crippen LogP contribution < -0.4 is 10.6 Å². The van der Waals surface area contributed by atoms with Crippen molar-refractivity contribution in [3.63, 3.8) is 0 Å². The summed E-state index contributed by atoms with van der Waals surface area (Å²) in [4.78, 5) is 27.2. The van der Waals surface area contributed by atoms with Crippen LogP contribution in [0.25, 0.3) is 21.5 Å². The fourth-order valence-corrected chi connectivity index (χ4v) is 6.69. The Morgan fingerprint density at radius 1 is 0.525 bits per heavy atom. The molecule has 0 saturated carbocycles. The molecule has 0 saturated heterocycles. The van der Waals surface area contributed by atoms with Crippen molar-refractivity contribution in [2.75, 3.05) is 10.6 Å². The van der Waals surface area contributed by atoms with E-state index >= 15 is 0 Å². The third kappa shape index (κ3) is 9.06. The lowest BCUT2D eigenvalue weighted by Crippen LogP contribution is -2.14. The van der Waals surface area contributed by atoms with E-state index in [1.54, 1.807) is 36.4 Å². The van der Waals surface area contributed by atoms with Gasteiger partial charge in [0, 0.05) is 26.5 Å². The first kappa shape index (κ1) is 42.4. The van der Waals surface area contributed by atoms with E-state index in [0.29, 0.717) is 22.9 Å². The number of hydrogen-bond acceptors (Lipinski definition) is 8. The second-order valence-corrected chi connectivity index (χ2v) is 14.3. The number of nitrogens with zero attached hydrogens (tertiary/aromatic N) is 4. The number of phenolic OH excluding ortho intramolecular Hbond substituents is 2. The molecule has 0 aromatic heterocycles. The number of halogens is 9. The number of nitrogens with one attached hydrogen (secondary N) is 2. The van der Waals surface area contributed by atoms with Gasteiger partial charge in [0.15, 0.2) is 11.5 Å². The van der Waals surface area contributed by atoms with Crippen molar-refractivity contribution in [1.29, 1.82) is 0 Å². The second-order valence-electron chi connectivity index (χ2n) is 13.0. The van der Waals surface area contributed by atoms with Gasteiger partial charge >= 0.3 is 12.4 Å². The molecule has 19 heteroatoms. The Bertz CT molecular complexity index is 2980. The summed E-state index contributed by atoms with van der Waals surface area (Å²) in [5, 5.41) is 43.7. The van der Waals surface area contributed by atoms with Crippen LogP contribution in [0.15, 0.2) is 136 Å². The van der Waals surface area contributed by atoms with Gasteiger partial charge in [-0.3, -0.25) is 9.59 Å². The molecule has 4 N–H and O–H groups in total. The smallest absolute Gasteiger partial charge is 0.418 e. The number of hydrogen-bond donors (Lipinski definition) is 4. The zero-order valence-corrected chi connectivity index (χ0v) is 32.6. The van der Waals surface area contributed by atoms with Gasteiger partial charge < -0.3 is 20.8 Å². The molecule has 0 unspecified atom stereocenters. The normalized spacial score (nSPS) is 12.1. The van der Waals surface area contributed by atoms with Crippen molar-refractivity contribution in [2.45, 2.75) is 12.4 Å². The van der Waals surface area contributed by atoms with Crippen LogP contribution in [-0.2, 0) is 12.4 Å². The molecule has 0 aliphatic rings. The molecule has 0 aliphatic heterocycles. The van der Waals surface area contributed by atoms with Crippen LogP contribution in [0.4, 0.5) is 60.5 Å². The highest BCUT2D eigenvalue weighted by molar-refractivity contribution is 6.34. The summed E-state index contributed by atoms with van der Waals surface area (Å²) >= 11 is 18.1. The molecule has 10 nitrogen and oxygen atoms in total. The van der Waals surface area contributed by atoms with Crippen LogP contribution in [0.3, 0.4) is 0 Å². The van der Waals surface area contributed by atoms with E-state index in [2.05, 4.69) is 31.1 Å². The van der Waals surface area contributed by atoms with Gasteiger partial charge in [-0.25, -0.2) is 0 Å². The van der Waals surface area contributed by atoms with Crippen LogP contribution >= 0.6 is 34.8 Å². The van der Waals surface area contributed by atoms with Gasteiger partial charge in [0.1, 0.15) is 11.4 Å². The number of alkyl halides is 6. The first-order valence-electron chi connectivity index (χ1n) is 17.4. The zero-order chi connectivity index (χ0) is 43.8. The summed E-state index contributed by atoms with van der Waals surface area (Å²) < 4.78 is 82.3. The highest BCUT2D eigenvalue weighted by Crippen LogP contribution is 2.45. The van der Waals surface area contributed by atoms with E-state index in [1.807, 2.05) is 0 Å². The van der Waals surface area contributed by atoms with Gasteiger partial charge in [0.05, 0.1) is 44.3 Å². The molecule has 61 heavy (non-hydrogen) atoms. The molecule has 0 spiro atoms. The molecule has 0 heterocycles. The van der Waals surface area contributed by atoms with Gasteiger partial charge in [-0.05, 0) is 77.5 Å². The Kier molecular flexibility index (Phi) is 11.6. The van der Waals surface area contributed by atoms with Crippen molar-refractivity contribution in [3.8, 4) is 11.5 Å². The summed E-state index contributed by atoms with van der Waals surface area (Å²) in [6, 6.07) is 25.0. The lowest BCUT2D eigenvalue weighted by molar-refractivity contribution is -0.137. The van der Waals surface area contributed by atoms with Gasteiger partial charge in [-0.1, -0.05) is 83.3 Å². The molecule has 0 aliphatic carbocycles. The Labute approximate surface area is 354 Å². The summed E-state index contributed by atoms with van der Waals surface area (Å²) in [5.74, 6) is -3.17.